The number of furan rings is 1. The van der Waals surface area contributed by atoms with Crippen molar-refractivity contribution in [2.45, 2.75) is 17.6 Å². The summed E-state index contributed by atoms with van der Waals surface area (Å²) in [6.07, 6.45) is -3.58. The summed E-state index contributed by atoms with van der Waals surface area (Å²) in [4.78, 5) is 11.5. The Balaban J connectivity index is 1.95. The van der Waals surface area contributed by atoms with E-state index in [0.717, 1.165) is 12.1 Å². The Bertz CT molecular complexity index is 1100. The first-order chi connectivity index (χ1) is 14.2. The van der Waals surface area contributed by atoms with Crippen molar-refractivity contribution in [3.05, 3.63) is 84.3 Å². The van der Waals surface area contributed by atoms with Gasteiger partial charge in [-0.3, -0.25) is 4.79 Å². The molecule has 1 amide bonds. The number of benzene rings is 2. The number of para-hydroxylation sites is 1. The van der Waals surface area contributed by atoms with Crippen LogP contribution >= 0.6 is 0 Å². The van der Waals surface area contributed by atoms with Crippen LogP contribution in [-0.2, 0) is 27.5 Å². The van der Waals surface area contributed by atoms with Crippen LogP contribution in [0.4, 0.5) is 18.9 Å². The van der Waals surface area contributed by atoms with E-state index in [4.69, 9.17) is 4.42 Å². The Morgan fingerprint density at radius 3 is 2.27 bits per heavy atom. The van der Waals surface area contributed by atoms with Gasteiger partial charge >= 0.3 is 6.18 Å². The Morgan fingerprint density at radius 1 is 0.967 bits per heavy atom. The van der Waals surface area contributed by atoms with E-state index >= 15 is 0 Å². The summed E-state index contributed by atoms with van der Waals surface area (Å²) in [6.45, 7) is -1.12. The van der Waals surface area contributed by atoms with Crippen molar-refractivity contribution in [3.8, 4) is 0 Å². The number of sulfonamides is 1. The molecule has 2 aromatic carbocycles. The lowest BCUT2D eigenvalue weighted by Crippen LogP contribution is -2.38. The van der Waals surface area contributed by atoms with Gasteiger partial charge in [-0.15, -0.1) is 0 Å². The molecule has 0 spiro atoms. The van der Waals surface area contributed by atoms with Gasteiger partial charge in [0.15, 0.2) is 0 Å². The monoisotopic (exact) mass is 438 g/mol. The lowest BCUT2D eigenvalue weighted by molar-refractivity contribution is -0.139. The SMILES string of the molecule is O=C(CN(Cc1ccco1)S(=O)(=O)c1ccccc1C(F)(F)F)Nc1ccccc1. The highest BCUT2D eigenvalue weighted by molar-refractivity contribution is 7.89. The van der Waals surface area contributed by atoms with Crippen LogP contribution in [0.1, 0.15) is 11.3 Å². The molecule has 0 aliphatic heterocycles. The number of carbonyl (C=O) groups is 1. The summed E-state index contributed by atoms with van der Waals surface area (Å²) < 4.78 is 72.2. The molecule has 0 radical (unpaired) electrons. The number of hydrogen-bond donors (Lipinski definition) is 1. The van der Waals surface area contributed by atoms with Crippen molar-refractivity contribution in [2.75, 3.05) is 11.9 Å². The molecule has 1 heterocycles. The number of alkyl halides is 3. The molecule has 1 aromatic heterocycles. The summed E-state index contributed by atoms with van der Waals surface area (Å²) >= 11 is 0. The van der Waals surface area contributed by atoms with Gasteiger partial charge in [0.1, 0.15) is 5.76 Å². The van der Waals surface area contributed by atoms with Gasteiger partial charge in [-0.05, 0) is 36.4 Å². The minimum absolute atomic E-state index is 0.176. The number of carbonyl (C=O) groups excluding carboxylic acids is 1. The Hall–Kier alpha value is -3.11. The van der Waals surface area contributed by atoms with E-state index in [1.807, 2.05) is 0 Å². The second-order valence-corrected chi connectivity index (χ2v) is 8.17. The standard InChI is InChI=1S/C20H17F3N2O4S/c21-20(22,23)17-10-4-5-11-18(17)30(27,28)25(13-16-9-6-12-29-16)14-19(26)24-15-7-2-1-3-8-15/h1-12H,13-14H2,(H,24,26). The second-order valence-electron chi connectivity index (χ2n) is 6.26. The third kappa shape index (κ3) is 5.08. The summed E-state index contributed by atoms with van der Waals surface area (Å²) in [5.41, 5.74) is -0.883. The lowest BCUT2D eigenvalue weighted by atomic mass is 10.2. The molecular weight excluding hydrogens is 421 g/mol. The molecule has 6 nitrogen and oxygen atoms in total. The zero-order valence-corrected chi connectivity index (χ0v) is 16.3. The van der Waals surface area contributed by atoms with Crippen molar-refractivity contribution in [1.82, 2.24) is 4.31 Å². The van der Waals surface area contributed by atoms with Crippen LogP contribution in [0.5, 0.6) is 0 Å². The molecule has 10 heteroatoms. The average molecular weight is 438 g/mol. The number of halogens is 3. The van der Waals surface area contributed by atoms with Gasteiger partial charge in [0, 0.05) is 5.69 Å². The van der Waals surface area contributed by atoms with Crippen LogP contribution in [0.15, 0.2) is 82.3 Å². The van der Waals surface area contributed by atoms with Crippen LogP contribution in [0, 0.1) is 0 Å². The molecule has 3 aromatic rings. The number of rotatable bonds is 7. The molecule has 0 atom stereocenters. The first-order valence-electron chi connectivity index (χ1n) is 8.71. The molecule has 158 valence electrons. The van der Waals surface area contributed by atoms with Crippen molar-refractivity contribution < 1.29 is 30.8 Å². The Morgan fingerprint density at radius 2 is 1.63 bits per heavy atom. The maximum Gasteiger partial charge on any atom is 0.417 e. The van der Waals surface area contributed by atoms with Crippen LogP contribution in [-0.4, -0.2) is 25.2 Å². The number of nitrogens with zero attached hydrogens (tertiary/aromatic N) is 1. The molecule has 0 aliphatic rings. The Kier molecular flexibility index (Phi) is 6.28. The maximum absolute atomic E-state index is 13.4. The maximum atomic E-state index is 13.4. The number of amides is 1. The number of nitrogens with one attached hydrogen (secondary N) is 1. The topological polar surface area (TPSA) is 79.6 Å². The zero-order chi connectivity index (χ0) is 21.8. The van der Waals surface area contributed by atoms with Crippen molar-refractivity contribution in [1.29, 1.82) is 0 Å². The third-order valence-electron chi connectivity index (χ3n) is 4.10. The first-order valence-corrected chi connectivity index (χ1v) is 10.2. The van der Waals surface area contributed by atoms with Gasteiger partial charge in [0.25, 0.3) is 0 Å². The summed E-state index contributed by atoms with van der Waals surface area (Å²) in [5.74, 6) is -0.531. The minimum atomic E-state index is -4.88. The van der Waals surface area contributed by atoms with E-state index in [-0.39, 0.29) is 5.76 Å². The largest absolute Gasteiger partial charge is 0.468 e. The van der Waals surface area contributed by atoms with E-state index in [9.17, 15) is 26.4 Å². The Labute approximate surface area is 171 Å². The van der Waals surface area contributed by atoms with Crippen molar-refractivity contribution >= 4 is 21.6 Å². The highest BCUT2D eigenvalue weighted by atomic mass is 32.2. The lowest BCUT2D eigenvalue weighted by Gasteiger charge is -2.23. The average Bonchev–Trinajstić information content (AvgIpc) is 3.21. The van der Waals surface area contributed by atoms with Gasteiger partial charge in [-0.1, -0.05) is 30.3 Å². The molecule has 0 saturated carbocycles. The van der Waals surface area contributed by atoms with Gasteiger partial charge in [-0.25, -0.2) is 8.42 Å². The van der Waals surface area contributed by atoms with Crippen LogP contribution < -0.4 is 5.32 Å². The van der Waals surface area contributed by atoms with E-state index in [0.29, 0.717) is 16.1 Å². The van der Waals surface area contributed by atoms with E-state index in [1.165, 1.54) is 24.5 Å². The van der Waals surface area contributed by atoms with Crippen LogP contribution in [0.25, 0.3) is 0 Å². The molecule has 0 aliphatic carbocycles. The molecule has 3 rings (SSSR count). The second kappa shape index (κ2) is 8.72. The highest BCUT2D eigenvalue weighted by Crippen LogP contribution is 2.35. The zero-order valence-electron chi connectivity index (χ0n) is 15.5. The third-order valence-corrected chi connectivity index (χ3v) is 5.95. The van der Waals surface area contributed by atoms with Crippen LogP contribution in [0.3, 0.4) is 0 Å². The van der Waals surface area contributed by atoms with Gasteiger partial charge in [0.2, 0.25) is 15.9 Å². The molecule has 1 N–H and O–H groups in total. The fourth-order valence-electron chi connectivity index (χ4n) is 2.75. The fraction of sp³-hybridized carbons (Fsp3) is 0.150. The van der Waals surface area contributed by atoms with Crippen LogP contribution in [0.2, 0.25) is 0 Å². The van der Waals surface area contributed by atoms with E-state index < -0.39 is 45.7 Å². The number of anilines is 1. The summed E-state index contributed by atoms with van der Waals surface area (Å²) in [5, 5.41) is 2.52. The molecule has 0 bridgehead atoms. The normalized spacial score (nSPS) is 12.1. The van der Waals surface area contributed by atoms with Gasteiger partial charge in [0.05, 0.1) is 29.8 Å². The van der Waals surface area contributed by atoms with Gasteiger partial charge < -0.3 is 9.73 Å². The van der Waals surface area contributed by atoms with Crippen molar-refractivity contribution in [2.24, 2.45) is 0 Å². The van der Waals surface area contributed by atoms with E-state index in [1.54, 1.807) is 30.3 Å². The molecule has 0 fully saturated rings. The highest BCUT2D eigenvalue weighted by Gasteiger charge is 2.39. The summed E-state index contributed by atoms with van der Waals surface area (Å²) in [6, 6.07) is 15.1. The minimum Gasteiger partial charge on any atom is -0.468 e. The predicted octanol–water partition coefficient (Wildman–Crippen LogP) is 4.13. The fourth-order valence-corrected chi connectivity index (χ4v) is 4.32. The molecule has 0 saturated heterocycles. The predicted molar refractivity (Wildman–Crippen MR) is 103 cm³/mol. The number of hydrogen-bond acceptors (Lipinski definition) is 4. The summed E-state index contributed by atoms with van der Waals surface area (Å²) in [7, 11) is -4.69. The molecular formula is C20H17F3N2O4S. The van der Waals surface area contributed by atoms with Crippen molar-refractivity contribution in [3.63, 3.8) is 0 Å². The molecule has 30 heavy (non-hydrogen) atoms. The quantitative estimate of drug-likeness (QED) is 0.602. The van der Waals surface area contributed by atoms with Gasteiger partial charge in [-0.2, -0.15) is 17.5 Å². The molecule has 0 unspecified atom stereocenters. The smallest absolute Gasteiger partial charge is 0.417 e. The first kappa shape index (κ1) is 21.6. The van der Waals surface area contributed by atoms with E-state index in [2.05, 4.69) is 5.32 Å².